The van der Waals surface area contributed by atoms with Gasteiger partial charge in [0, 0.05) is 6.20 Å². The molecule has 2 aliphatic carbocycles. The molecule has 0 radical (unpaired) electrons. The second kappa shape index (κ2) is 3.68. The van der Waals surface area contributed by atoms with E-state index < -0.39 is 5.97 Å². The summed E-state index contributed by atoms with van der Waals surface area (Å²) in [6.07, 6.45) is 6.94. The Morgan fingerprint density at radius 3 is 2.76 bits per heavy atom. The highest BCUT2D eigenvalue weighted by Gasteiger charge is 2.41. The molecule has 2 bridgehead atoms. The third-order valence-corrected chi connectivity index (χ3v) is 4.13. The average molecular weight is 234 g/mol. The Morgan fingerprint density at radius 2 is 2.29 bits per heavy atom. The molecule has 5 heteroatoms. The maximum Gasteiger partial charge on any atom is 0.357 e. The van der Waals surface area contributed by atoms with Crippen LogP contribution >= 0.6 is 0 Å². The van der Waals surface area contributed by atoms with E-state index in [-0.39, 0.29) is 11.3 Å². The number of nitrogens with zero attached hydrogens (tertiary/aromatic N) is 2. The van der Waals surface area contributed by atoms with E-state index in [1.165, 1.54) is 19.3 Å². The van der Waals surface area contributed by atoms with E-state index in [0.717, 1.165) is 12.3 Å². The number of fused-ring (bicyclic) bond motifs is 2. The highest BCUT2D eigenvalue weighted by molar-refractivity contribution is 5.95. The van der Waals surface area contributed by atoms with Gasteiger partial charge in [0.25, 0.3) is 0 Å². The molecule has 0 aromatic carbocycles. The van der Waals surface area contributed by atoms with Crippen molar-refractivity contribution >= 4 is 12.3 Å². The van der Waals surface area contributed by atoms with Crippen LogP contribution in [-0.2, 0) is 0 Å². The van der Waals surface area contributed by atoms with Gasteiger partial charge in [-0.15, -0.1) is 0 Å². The molecule has 2 aliphatic rings. The smallest absolute Gasteiger partial charge is 0.357 e. The Labute approximate surface area is 98.4 Å². The minimum Gasteiger partial charge on any atom is -0.476 e. The Bertz CT molecular complexity index is 480. The fraction of sp³-hybridized carbons (Fsp3) is 0.583. The van der Waals surface area contributed by atoms with Gasteiger partial charge in [0.2, 0.25) is 0 Å². The van der Waals surface area contributed by atoms with E-state index in [9.17, 15) is 9.59 Å². The van der Waals surface area contributed by atoms with Gasteiger partial charge in [-0.3, -0.25) is 9.48 Å². The predicted molar refractivity (Wildman–Crippen MR) is 59.1 cm³/mol. The lowest BCUT2D eigenvalue weighted by atomic mass is 9.96. The van der Waals surface area contributed by atoms with Gasteiger partial charge >= 0.3 is 5.97 Å². The molecule has 0 saturated heterocycles. The summed E-state index contributed by atoms with van der Waals surface area (Å²) in [5.41, 5.74) is 0.0584. The van der Waals surface area contributed by atoms with E-state index >= 15 is 0 Å². The fourth-order valence-electron chi connectivity index (χ4n) is 3.36. The van der Waals surface area contributed by atoms with Crippen LogP contribution in [-0.4, -0.2) is 27.1 Å². The zero-order valence-corrected chi connectivity index (χ0v) is 9.37. The first-order valence-corrected chi connectivity index (χ1v) is 5.96. The van der Waals surface area contributed by atoms with Gasteiger partial charge in [0.1, 0.15) is 0 Å². The third kappa shape index (κ3) is 1.57. The lowest BCUT2D eigenvalue weighted by Crippen LogP contribution is -2.17. The number of aldehydes is 1. The number of carbonyl (C=O) groups excluding carboxylic acids is 1. The Balaban J connectivity index is 1.93. The zero-order valence-electron chi connectivity index (χ0n) is 9.37. The van der Waals surface area contributed by atoms with Gasteiger partial charge in [0.05, 0.1) is 11.6 Å². The van der Waals surface area contributed by atoms with Crippen molar-refractivity contribution in [2.75, 3.05) is 0 Å². The van der Waals surface area contributed by atoms with Crippen LogP contribution in [0.3, 0.4) is 0 Å². The summed E-state index contributed by atoms with van der Waals surface area (Å²) in [4.78, 5) is 21.7. The Hall–Kier alpha value is -1.65. The van der Waals surface area contributed by atoms with Crippen LogP contribution in [0.15, 0.2) is 6.20 Å². The van der Waals surface area contributed by atoms with Gasteiger partial charge in [0.15, 0.2) is 12.0 Å². The van der Waals surface area contributed by atoms with Crippen molar-refractivity contribution in [3.05, 3.63) is 17.5 Å². The minimum absolute atomic E-state index is 0.122. The largest absolute Gasteiger partial charge is 0.476 e. The third-order valence-electron chi connectivity index (χ3n) is 4.13. The maximum atomic E-state index is 10.9. The number of aromatic nitrogens is 2. The number of carboxylic acid groups (broad SMARTS) is 1. The van der Waals surface area contributed by atoms with E-state index in [1.54, 1.807) is 10.9 Å². The molecule has 17 heavy (non-hydrogen) atoms. The minimum atomic E-state index is -1.13. The first-order chi connectivity index (χ1) is 8.19. The Morgan fingerprint density at radius 1 is 1.47 bits per heavy atom. The monoisotopic (exact) mass is 234 g/mol. The van der Waals surface area contributed by atoms with Crippen molar-refractivity contribution < 1.29 is 14.7 Å². The van der Waals surface area contributed by atoms with Crippen molar-refractivity contribution in [1.82, 2.24) is 9.78 Å². The van der Waals surface area contributed by atoms with Gasteiger partial charge < -0.3 is 5.11 Å². The first kappa shape index (κ1) is 10.5. The molecule has 1 aromatic rings. The summed E-state index contributed by atoms with van der Waals surface area (Å²) < 4.78 is 1.71. The average Bonchev–Trinajstić information content (AvgIpc) is 3.02. The molecule has 0 spiro atoms. The summed E-state index contributed by atoms with van der Waals surface area (Å²) in [5.74, 6) is 0.247. The second-order valence-electron chi connectivity index (χ2n) is 5.08. The van der Waals surface area contributed by atoms with Crippen LogP contribution in [0.2, 0.25) is 0 Å². The van der Waals surface area contributed by atoms with Crippen molar-refractivity contribution in [2.24, 2.45) is 11.8 Å². The van der Waals surface area contributed by atoms with Gasteiger partial charge in [-0.1, -0.05) is 6.42 Å². The lowest BCUT2D eigenvalue weighted by Gasteiger charge is -2.21. The van der Waals surface area contributed by atoms with E-state index in [1.807, 2.05) is 0 Å². The summed E-state index contributed by atoms with van der Waals surface area (Å²) in [6, 6.07) is 0.292. The van der Waals surface area contributed by atoms with Gasteiger partial charge in [-0.25, -0.2) is 4.79 Å². The number of hydrogen-bond acceptors (Lipinski definition) is 3. The van der Waals surface area contributed by atoms with Crippen molar-refractivity contribution in [3.8, 4) is 0 Å². The molecule has 2 fully saturated rings. The molecule has 1 N–H and O–H groups in total. The molecule has 0 aliphatic heterocycles. The Kier molecular flexibility index (Phi) is 2.28. The lowest BCUT2D eigenvalue weighted by molar-refractivity contribution is 0.0686. The highest BCUT2D eigenvalue weighted by atomic mass is 16.4. The summed E-state index contributed by atoms with van der Waals surface area (Å²) in [5, 5.41) is 13.0. The SMILES string of the molecule is O=Cc1cn(C2CC3CCC2C3)nc1C(=O)O. The number of hydrogen-bond donors (Lipinski definition) is 1. The number of rotatable bonds is 3. The normalized spacial score (nSPS) is 30.7. The van der Waals surface area contributed by atoms with Crippen LogP contribution in [0.4, 0.5) is 0 Å². The molecular weight excluding hydrogens is 220 g/mol. The van der Waals surface area contributed by atoms with Crippen LogP contribution in [0, 0.1) is 11.8 Å². The molecule has 3 rings (SSSR count). The van der Waals surface area contributed by atoms with Crippen LogP contribution < -0.4 is 0 Å². The zero-order chi connectivity index (χ0) is 12.0. The molecule has 2 saturated carbocycles. The fourth-order valence-corrected chi connectivity index (χ4v) is 3.36. The molecular formula is C12H14N2O3. The first-order valence-electron chi connectivity index (χ1n) is 5.96. The molecule has 0 amide bonds. The quantitative estimate of drug-likeness (QED) is 0.809. The molecule has 3 atom stereocenters. The molecule has 5 nitrogen and oxygen atoms in total. The van der Waals surface area contributed by atoms with E-state index in [2.05, 4.69) is 5.10 Å². The summed E-state index contributed by atoms with van der Waals surface area (Å²) in [7, 11) is 0. The second-order valence-corrected chi connectivity index (χ2v) is 5.08. The van der Waals surface area contributed by atoms with Crippen LogP contribution in [0.1, 0.15) is 52.6 Å². The number of aromatic carboxylic acids is 1. The summed E-state index contributed by atoms with van der Waals surface area (Å²) in [6.45, 7) is 0. The molecule has 3 unspecified atom stereocenters. The topological polar surface area (TPSA) is 72.2 Å². The molecule has 90 valence electrons. The van der Waals surface area contributed by atoms with E-state index in [4.69, 9.17) is 5.11 Å². The van der Waals surface area contributed by atoms with Crippen molar-refractivity contribution in [2.45, 2.75) is 31.7 Å². The standard InChI is InChI=1S/C12H14N2O3/c15-6-9-5-14(13-11(9)12(16)17)10-4-7-1-2-8(10)3-7/h5-8,10H,1-4H2,(H,16,17). The van der Waals surface area contributed by atoms with Crippen LogP contribution in [0.5, 0.6) is 0 Å². The highest BCUT2D eigenvalue weighted by Crippen LogP contribution is 2.50. The van der Waals surface area contributed by atoms with E-state index in [0.29, 0.717) is 18.2 Å². The van der Waals surface area contributed by atoms with Crippen LogP contribution in [0.25, 0.3) is 0 Å². The summed E-state index contributed by atoms with van der Waals surface area (Å²) >= 11 is 0. The molecule has 1 aromatic heterocycles. The maximum absolute atomic E-state index is 10.9. The van der Waals surface area contributed by atoms with Gasteiger partial charge in [-0.2, -0.15) is 5.10 Å². The van der Waals surface area contributed by atoms with Gasteiger partial charge in [-0.05, 0) is 31.1 Å². The molecule has 1 heterocycles. The number of carbonyl (C=O) groups is 2. The predicted octanol–water partition coefficient (Wildman–Crippen LogP) is 1.75. The van der Waals surface area contributed by atoms with Crippen molar-refractivity contribution in [1.29, 1.82) is 0 Å². The van der Waals surface area contributed by atoms with Crippen molar-refractivity contribution in [3.63, 3.8) is 0 Å². The number of carboxylic acids is 1.